The lowest BCUT2D eigenvalue weighted by Gasteiger charge is -2.10. The lowest BCUT2D eigenvalue weighted by molar-refractivity contribution is -0.140. The minimum atomic E-state index is -0.246. The SMILES string of the molecule is CCNC(=NCc1ccco1)NCCC(=O)OC. The maximum atomic E-state index is 11.0. The van der Waals surface area contributed by atoms with Crippen LogP contribution < -0.4 is 10.6 Å². The van der Waals surface area contributed by atoms with Crippen LogP contribution in [0.1, 0.15) is 19.1 Å². The van der Waals surface area contributed by atoms with Crippen LogP contribution in [0, 0.1) is 0 Å². The first-order valence-corrected chi connectivity index (χ1v) is 5.87. The van der Waals surface area contributed by atoms with Gasteiger partial charge in [-0.3, -0.25) is 4.79 Å². The molecule has 18 heavy (non-hydrogen) atoms. The van der Waals surface area contributed by atoms with Gasteiger partial charge in [0.2, 0.25) is 0 Å². The quantitative estimate of drug-likeness (QED) is 0.447. The Morgan fingerprint density at radius 1 is 1.50 bits per heavy atom. The topological polar surface area (TPSA) is 75.9 Å². The zero-order valence-electron chi connectivity index (χ0n) is 10.7. The molecule has 0 fully saturated rings. The van der Waals surface area contributed by atoms with Gasteiger partial charge in [0.25, 0.3) is 0 Å². The van der Waals surface area contributed by atoms with Crippen molar-refractivity contribution >= 4 is 11.9 Å². The summed E-state index contributed by atoms with van der Waals surface area (Å²) in [5.74, 6) is 1.20. The fraction of sp³-hybridized carbons (Fsp3) is 0.500. The van der Waals surface area contributed by atoms with Crippen molar-refractivity contribution < 1.29 is 13.9 Å². The van der Waals surface area contributed by atoms with E-state index < -0.39 is 0 Å². The molecule has 0 aliphatic heterocycles. The number of furan rings is 1. The molecule has 0 bridgehead atoms. The van der Waals surface area contributed by atoms with Gasteiger partial charge in [0.1, 0.15) is 12.3 Å². The molecule has 1 rings (SSSR count). The average Bonchev–Trinajstić information content (AvgIpc) is 2.88. The maximum Gasteiger partial charge on any atom is 0.307 e. The number of esters is 1. The molecule has 100 valence electrons. The van der Waals surface area contributed by atoms with Crippen molar-refractivity contribution in [3.8, 4) is 0 Å². The summed E-state index contributed by atoms with van der Waals surface area (Å²) in [4.78, 5) is 15.3. The summed E-state index contributed by atoms with van der Waals surface area (Å²) in [5, 5.41) is 6.13. The largest absolute Gasteiger partial charge is 0.469 e. The second kappa shape index (κ2) is 8.16. The molecule has 0 atom stereocenters. The van der Waals surface area contributed by atoms with Crippen LogP contribution in [0.25, 0.3) is 0 Å². The fourth-order valence-electron chi connectivity index (χ4n) is 1.29. The van der Waals surface area contributed by atoms with Crippen molar-refractivity contribution in [2.24, 2.45) is 4.99 Å². The number of hydrogen-bond donors (Lipinski definition) is 2. The molecule has 1 aromatic rings. The van der Waals surface area contributed by atoms with Crippen molar-refractivity contribution in [2.45, 2.75) is 19.9 Å². The molecule has 0 spiro atoms. The highest BCUT2D eigenvalue weighted by molar-refractivity contribution is 5.80. The summed E-state index contributed by atoms with van der Waals surface area (Å²) in [7, 11) is 1.37. The first-order valence-electron chi connectivity index (χ1n) is 5.87. The third-order valence-electron chi connectivity index (χ3n) is 2.17. The van der Waals surface area contributed by atoms with Gasteiger partial charge >= 0.3 is 5.97 Å². The van der Waals surface area contributed by atoms with Gasteiger partial charge in [-0.15, -0.1) is 0 Å². The molecule has 6 nitrogen and oxygen atoms in total. The van der Waals surface area contributed by atoms with Crippen molar-refractivity contribution in [1.82, 2.24) is 10.6 Å². The van der Waals surface area contributed by atoms with Crippen LogP contribution in [0.4, 0.5) is 0 Å². The number of guanidine groups is 1. The van der Waals surface area contributed by atoms with Gasteiger partial charge in [0, 0.05) is 13.1 Å². The van der Waals surface area contributed by atoms with Crippen molar-refractivity contribution in [2.75, 3.05) is 20.2 Å². The molecule has 0 aliphatic rings. The van der Waals surface area contributed by atoms with E-state index in [0.29, 0.717) is 25.5 Å². The van der Waals surface area contributed by atoms with E-state index in [0.717, 1.165) is 12.3 Å². The minimum Gasteiger partial charge on any atom is -0.469 e. The molecule has 2 N–H and O–H groups in total. The van der Waals surface area contributed by atoms with E-state index in [-0.39, 0.29) is 5.97 Å². The molecule has 1 heterocycles. The third-order valence-corrected chi connectivity index (χ3v) is 2.17. The van der Waals surface area contributed by atoms with E-state index >= 15 is 0 Å². The molecular formula is C12H19N3O3. The first kappa shape index (κ1) is 14.1. The Kier molecular flexibility index (Phi) is 6.38. The molecule has 0 saturated heterocycles. The van der Waals surface area contributed by atoms with Crippen LogP contribution in [-0.2, 0) is 16.1 Å². The summed E-state index contributed by atoms with van der Waals surface area (Å²) in [6.07, 6.45) is 1.92. The molecule has 6 heteroatoms. The Morgan fingerprint density at radius 3 is 2.94 bits per heavy atom. The molecular weight excluding hydrogens is 234 g/mol. The third kappa shape index (κ3) is 5.38. The predicted molar refractivity (Wildman–Crippen MR) is 68.2 cm³/mol. The number of methoxy groups -OCH3 is 1. The number of aliphatic imine (C=N–C) groups is 1. The minimum absolute atomic E-state index is 0.246. The van der Waals surface area contributed by atoms with E-state index in [9.17, 15) is 4.79 Å². The molecule has 0 aromatic carbocycles. The van der Waals surface area contributed by atoms with Crippen LogP contribution in [0.15, 0.2) is 27.8 Å². The van der Waals surface area contributed by atoms with Crippen LogP contribution in [0.3, 0.4) is 0 Å². The van der Waals surface area contributed by atoms with Gasteiger partial charge < -0.3 is 19.8 Å². The number of rotatable bonds is 6. The lowest BCUT2D eigenvalue weighted by Crippen LogP contribution is -2.38. The van der Waals surface area contributed by atoms with Crippen LogP contribution in [0.2, 0.25) is 0 Å². The van der Waals surface area contributed by atoms with Gasteiger partial charge in [-0.25, -0.2) is 4.99 Å². The zero-order chi connectivity index (χ0) is 13.2. The number of nitrogens with one attached hydrogen (secondary N) is 2. The van der Waals surface area contributed by atoms with Gasteiger partial charge in [0.05, 0.1) is 19.8 Å². The summed E-state index contributed by atoms with van der Waals surface area (Å²) >= 11 is 0. The number of carbonyl (C=O) groups is 1. The number of ether oxygens (including phenoxy) is 1. The first-order chi connectivity index (χ1) is 8.76. The smallest absolute Gasteiger partial charge is 0.307 e. The highest BCUT2D eigenvalue weighted by Gasteiger charge is 2.02. The maximum absolute atomic E-state index is 11.0. The van der Waals surface area contributed by atoms with Gasteiger partial charge in [0.15, 0.2) is 5.96 Å². The van der Waals surface area contributed by atoms with Crippen molar-refractivity contribution in [3.05, 3.63) is 24.2 Å². The lowest BCUT2D eigenvalue weighted by atomic mass is 10.4. The number of hydrogen-bond acceptors (Lipinski definition) is 4. The highest BCUT2D eigenvalue weighted by atomic mass is 16.5. The number of nitrogens with zero attached hydrogens (tertiary/aromatic N) is 1. The van der Waals surface area contributed by atoms with Crippen LogP contribution in [-0.4, -0.2) is 32.1 Å². The summed E-state index contributed by atoms with van der Waals surface area (Å²) in [5.41, 5.74) is 0. The van der Waals surface area contributed by atoms with E-state index in [1.54, 1.807) is 6.26 Å². The Morgan fingerprint density at radius 2 is 2.33 bits per heavy atom. The molecule has 0 saturated carbocycles. The second-order valence-corrected chi connectivity index (χ2v) is 3.53. The van der Waals surface area contributed by atoms with E-state index in [1.807, 2.05) is 19.1 Å². The molecule has 0 amide bonds. The highest BCUT2D eigenvalue weighted by Crippen LogP contribution is 2.00. The fourth-order valence-corrected chi connectivity index (χ4v) is 1.29. The van der Waals surface area contributed by atoms with Crippen molar-refractivity contribution in [1.29, 1.82) is 0 Å². The van der Waals surface area contributed by atoms with Crippen LogP contribution in [0.5, 0.6) is 0 Å². The van der Waals surface area contributed by atoms with Crippen molar-refractivity contribution in [3.63, 3.8) is 0 Å². The van der Waals surface area contributed by atoms with Crippen LogP contribution >= 0.6 is 0 Å². The zero-order valence-corrected chi connectivity index (χ0v) is 10.7. The van der Waals surface area contributed by atoms with E-state index in [2.05, 4.69) is 20.4 Å². The standard InChI is InChI=1S/C12H19N3O3/c1-3-13-12(14-7-6-11(16)17-2)15-9-10-5-4-8-18-10/h4-5,8H,3,6-7,9H2,1-2H3,(H2,13,14,15). The van der Waals surface area contributed by atoms with E-state index in [4.69, 9.17) is 4.42 Å². The molecule has 0 aliphatic carbocycles. The summed E-state index contributed by atoms with van der Waals surface area (Å²) in [6, 6.07) is 3.68. The summed E-state index contributed by atoms with van der Waals surface area (Å²) in [6.45, 7) is 3.67. The Bertz CT molecular complexity index is 374. The number of carbonyl (C=O) groups excluding carboxylic acids is 1. The van der Waals surface area contributed by atoms with Gasteiger partial charge in [-0.2, -0.15) is 0 Å². The van der Waals surface area contributed by atoms with Gasteiger partial charge in [-0.1, -0.05) is 0 Å². The Hall–Kier alpha value is -1.98. The van der Waals surface area contributed by atoms with Gasteiger partial charge in [-0.05, 0) is 19.1 Å². The Labute approximate surface area is 106 Å². The predicted octanol–water partition coefficient (Wildman–Crippen LogP) is 0.898. The second-order valence-electron chi connectivity index (χ2n) is 3.53. The molecule has 1 aromatic heterocycles. The van der Waals surface area contributed by atoms with E-state index in [1.165, 1.54) is 7.11 Å². The monoisotopic (exact) mass is 253 g/mol. The molecule has 0 unspecified atom stereocenters. The Balaban J connectivity index is 2.38. The normalized spacial score (nSPS) is 11.1. The average molecular weight is 253 g/mol. The molecule has 0 radical (unpaired) electrons. The summed E-state index contributed by atoms with van der Waals surface area (Å²) < 4.78 is 9.74.